The van der Waals surface area contributed by atoms with Crippen molar-refractivity contribution in [3.8, 4) is 0 Å². The van der Waals surface area contributed by atoms with E-state index in [0.29, 0.717) is 0 Å². The molecule has 0 aliphatic heterocycles. The van der Waals surface area contributed by atoms with E-state index in [2.05, 4.69) is 30.3 Å². The molecule has 2 aromatic rings. The smallest absolute Gasteiger partial charge is 0.0545 e. The average molecular weight is 278 g/mol. The van der Waals surface area contributed by atoms with Crippen molar-refractivity contribution in [3.63, 3.8) is 0 Å². The molecule has 18 heavy (non-hydrogen) atoms. The van der Waals surface area contributed by atoms with Crippen molar-refractivity contribution in [2.24, 2.45) is 5.73 Å². The van der Waals surface area contributed by atoms with Gasteiger partial charge in [-0.15, -0.1) is 11.8 Å². The van der Waals surface area contributed by atoms with Crippen LogP contribution in [-0.2, 0) is 5.75 Å². The third kappa shape index (κ3) is 3.52. The molecule has 0 saturated heterocycles. The van der Waals surface area contributed by atoms with Gasteiger partial charge >= 0.3 is 0 Å². The van der Waals surface area contributed by atoms with Gasteiger partial charge in [0.2, 0.25) is 0 Å². The van der Waals surface area contributed by atoms with Crippen LogP contribution in [0.4, 0.5) is 0 Å². The van der Waals surface area contributed by atoms with E-state index < -0.39 is 0 Å². The molecule has 94 valence electrons. The third-order valence-corrected chi connectivity index (χ3v) is 4.29. The molecule has 3 heteroatoms. The van der Waals surface area contributed by atoms with Gasteiger partial charge in [-0.2, -0.15) is 0 Å². The molecule has 0 bridgehead atoms. The highest BCUT2D eigenvalue weighted by Crippen LogP contribution is 2.31. The molecule has 2 N–H and O–H groups in total. The monoisotopic (exact) mass is 277 g/mol. The van der Waals surface area contributed by atoms with Gasteiger partial charge in [0, 0.05) is 16.7 Å². The quantitative estimate of drug-likeness (QED) is 0.823. The number of halogens is 1. The summed E-state index contributed by atoms with van der Waals surface area (Å²) >= 11 is 8.01. The molecule has 0 fully saturated rings. The van der Waals surface area contributed by atoms with Crippen LogP contribution in [0.15, 0.2) is 53.4 Å². The van der Waals surface area contributed by atoms with Crippen molar-refractivity contribution in [1.82, 2.24) is 0 Å². The Morgan fingerprint density at radius 3 is 2.50 bits per heavy atom. The van der Waals surface area contributed by atoms with Crippen LogP contribution in [0.3, 0.4) is 0 Å². The second-order valence-electron chi connectivity index (χ2n) is 4.25. The molecule has 2 rings (SSSR count). The van der Waals surface area contributed by atoms with Crippen molar-refractivity contribution in [1.29, 1.82) is 0 Å². The summed E-state index contributed by atoms with van der Waals surface area (Å²) in [6, 6.07) is 16.5. The first kappa shape index (κ1) is 13.5. The third-order valence-electron chi connectivity index (χ3n) is 2.72. The summed E-state index contributed by atoms with van der Waals surface area (Å²) in [7, 11) is 0. The molecule has 2 aromatic carbocycles. The molecule has 0 aromatic heterocycles. The van der Waals surface area contributed by atoms with Crippen LogP contribution >= 0.6 is 23.4 Å². The SMILES string of the molecule is C[C@@H](N)c1ccc(SCc2ccccc2)c(Cl)c1. The lowest BCUT2D eigenvalue weighted by Crippen LogP contribution is -2.04. The first-order chi connectivity index (χ1) is 8.66. The van der Waals surface area contributed by atoms with Gasteiger partial charge < -0.3 is 5.73 Å². The van der Waals surface area contributed by atoms with E-state index in [-0.39, 0.29) is 6.04 Å². The van der Waals surface area contributed by atoms with Gasteiger partial charge in [-0.1, -0.05) is 48.0 Å². The predicted octanol–water partition coefficient (Wildman–Crippen LogP) is 4.65. The van der Waals surface area contributed by atoms with Gasteiger partial charge in [-0.05, 0) is 30.2 Å². The summed E-state index contributed by atoms with van der Waals surface area (Å²) in [5.41, 5.74) is 8.21. The second kappa shape index (κ2) is 6.28. The molecule has 0 aliphatic carbocycles. The molecule has 1 atom stereocenters. The molecular formula is C15H16ClNS. The van der Waals surface area contributed by atoms with Crippen molar-refractivity contribution in [2.75, 3.05) is 0 Å². The Bertz CT molecular complexity index is 511. The van der Waals surface area contributed by atoms with Gasteiger partial charge in [0.15, 0.2) is 0 Å². The Hall–Kier alpha value is -0.960. The van der Waals surface area contributed by atoms with Gasteiger partial charge in [0.05, 0.1) is 5.02 Å². The predicted molar refractivity (Wildman–Crippen MR) is 80.1 cm³/mol. The van der Waals surface area contributed by atoms with Crippen LogP contribution in [0.25, 0.3) is 0 Å². The summed E-state index contributed by atoms with van der Waals surface area (Å²) in [5.74, 6) is 0.929. The zero-order chi connectivity index (χ0) is 13.0. The lowest BCUT2D eigenvalue weighted by Gasteiger charge is -2.09. The van der Waals surface area contributed by atoms with E-state index in [1.807, 2.05) is 25.1 Å². The highest BCUT2D eigenvalue weighted by Gasteiger charge is 2.05. The van der Waals surface area contributed by atoms with Crippen LogP contribution in [0.5, 0.6) is 0 Å². The Kier molecular flexibility index (Phi) is 4.70. The van der Waals surface area contributed by atoms with E-state index in [4.69, 9.17) is 17.3 Å². The minimum absolute atomic E-state index is 0.0238. The Morgan fingerprint density at radius 2 is 1.89 bits per heavy atom. The van der Waals surface area contributed by atoms with E-state index in [1.165, 1.54) is 5.56 Å². The Balaban J connectivity index is 2.06. The second-order valence-corrected chi connectivity index (χ2v) is 5.68. The number of hydrogen-bond acceptors (Lipinski definition) is 2. The van der Waals surface area contributed by atoms with Crippen LogP contribution in [0, 0.1) is 0 Å². The van der Waals surface area contributed by atoms with Crippen LogP contribution in [-0.4, -0.2) is 0 Å². The minimum Gasteiger partial charge on any atom is -0.324 e. The van der Waals surface area contributed by atoms with Crippen molar-refractivity contribution in [3.05, 3.63) is 64.7 Å². The summed E-state index contributed by atoms with van der Waals surface area (Å²) in [4.78, 5) is 1.10. The highest BCUT2D eigenvalue weighted by molar-refractivity contribution is 7.98. The number of thioether (sulfide) groups is 1. The fourth-order valence-corrected chi connectivity index (χ4v) is 2.88. The van der Waals surface area contributed by atoms with Crippen molar-refractivity contribution < 1.29 is 0 Å². The number of rotatable bonds is 4. The Morgan fingerprint density at radius 1 is 1.17 bits per heavy atom. The number of nitrogens with two attached hydrogens (primary N) is 1. The van der Waals surface area contributed by atoms with Crippen LogP contribution in [0.2, 0.25) is 5.02 Å². The minimum atomic E-state index is 0.0238. The first-order valence-corrected chi connectivity index (χ1v) is 7.25. The number of hydrogen-bond donors (Lipinski definition) is 1. The normalized spacial score (nSPS) is 12.4. The summed E-state index contributed by atoms with van der Waals surface area (Å²) < 4.78 is 0. The first-order valence-electron chi connectivity index (χ1n) is 5.88. The fraction of sp³-hybridized carbons (Fsp3) is 0.200. The molecule has 0 heterocycles. The maximum Gasteiger partial charge on any atom is 0.0545 e. The van der Waals surface area contributed by atoms with E-state index >= 15 is 0 Å². The topological polar surface area (TPSA) is 26.0 Å². The molecule has 0 saturated carbocycles. The summed E-state index contributed by atoms with van der Waals surface area (Å²) in [5, 5.41) is 0.783. The van der Waals surface area contributed by atoms with E-state index in [9.17, 15) is 0 Å². The zero-order valence-electron chi connectivity index (χ0n) is 10.3. The van der Waals surface area contributed by atoms with E-state index in [0.717, 1.165) is 21.2 Å². The molecule has 1 nitrogen and oxygen atoms in total. The highest BCUT2D eigenvalue weighted by atomic mass is 35.5. The van der Waals surface area contributed by atoms with Gasteiger partial charge in [0.1, 0.15) is 0 Å². The zero-order valence-corrected chi connectivity index (χ0v) is 11.8. The fourth-order valence-electron chi connectivity index (χ4n) is 1.65. The number of benzene rings is 2. The van der Waals surface area contributed by atoms with Gasteiger partial charge in [-0.25, -0.2) is 0 Å². The molecular weight excluding hydrogens is 262 g/mol. The molecule has 0 aliphatic rings. The molecule has 0 spiro atoms. The lowest BCUT2D eigenvalue weighted by atomic mass is 10.1. The molecule has 0 amide bonds. The molecule has 0 unspecified atom stereocenters. The van der Waals surface area contributed by atoms with Crippen molar-refractivity contribution >= 4 is 23.4 Å². The van der Waals surface area contributed by atoms with E-state index in [1.54, 1.807) is 11.8 Å². The summed E-state index contributed by atoms with van der Waals surface area (Å²) in [6.07, 6.45) is 0. The maximum atomic E-state index is 6.26. The Labute approximate surface area is 117 Å². The van der Waals surface area contributed by atoms with Crippen LogP contribution < -0.4 is 5.73 Å². The van der Waals surface area contributed by atoms with Gasteiger partial charge in [0.25, 0.3) is 0 Å². The maximum absolute atomic E-state index is 6.26. The van der Waals surface area contributed by atoms with Gasteiger partial charge in [-0.3, -0.25) is 0 Å². The molecule has 0 radical (unpaired) electrons. The lowest BCUT2D eigenvalue weighted by molar-refractivity contribution is 0.817. The average Bonchev–Trinajstić information content (AvgIpc) is 2.38. The standard InChI is InChI=1S/C15H16ClNS/c1-11(17)13-7-8-15(14(16)9-13)18-10-12-5-3-2-4-6-12/h2-9,11H,10,17H2,1H3/t11-/m1/s1. The van der Waals surface area contributed by atoms with Crippen LogP contribution in [0.1, 0.15) is 24.1 Å². The summed E-state index contributed by atoms with van der Waals surface area (Å²) in [6.45, 7) is 1.96. The van der Waals surface area contributed by atoms with Crippen molar-refractivity contribution in [2.45, 2.75) is 23.6 Å². The largest absolute Gasteiger partial charge is 0.324 e.